The van der Waals surface area contributed by atoms with Crippen molar-refractivity contribution in [2.75, 3.05) is 7.11 Å². The third-order valence-corrected chi connectivity index (χ3v) is 3.50. The molecule has 2 aromatic rings. The highest BCUT2D eigenvalue weighted by molar-refractivity contribution is 5.74. The summed E-state index contributed by atoms with van der Waals surface area (Å²) in [6, 6.07) is 14.4. The number of nitrogens with zero attached hydrogens (tertiary/aromatic N) is 1. The van der Waals surface area contributed by atoms with Crippen molar-refractivity contribution in [2.24, 2.45) is 0 Å². The fourth-order valence-electron chi connectivity index (χ4n) is 2.57. The lowest BCUT2D eigenvalue weighted by atomic mass is 9.85. The van der Waals surface area contributed by atoms with Crippen LogP contribution in [0.1, 0.15) is 16.7 Å². The summed E-state index contributed by atoms with van der Waals surface area (Å²) in [6.45, 7) is 0. The minimum absolute atomic E-state index is 0.741. The quantitative estimate of drug-likeness (QED) is 0.759. The summed E-state index contributed by atoms with van der Waals surface area (Å²) in [6.07, 6.45) is 2.00. The number of ether oxygens (including phenoxy) is 1. The van der Waals surface area contributed by atoms with Gasteiger partial charge < -0.3 is 4.74 Å². The average Bonchev–Trinajstić information content (AvgIpc) is 2.45. The Kier molecular flexibility index (Phi) is 2.53. The summed E-state index contributed by atoms with van der Waals surface area (Å²) in [5, 5.41) is 8.94. The molecule has 2 nitrogen and oxygen atoms in total. The molecule has 0 saturated heterocycles. The van der Waals surface area contributed by atoms with E-state index in [-0.39, 0.29) is 0 Å². The molecular weight excluding hydrogens is 222 g/mol. The maximum Gasteiger partial charge on any atom is 0.119 e. The lowest BCUT2D eigenvalue weighted by molar-refractivity contribution is 0.414. The van der Waals surface area contributed by atoms with Crippen LogP contribution in [0.15, 0.2) is 36.4 Å². The van der Waals surface area contributed by atoms with Crippen molar-refractivity contribution in [1.29, 1.82) is 5.26 Å². The van der Waals surface area contributed by atoms with Crippen LogP contribution in [0.25, 0.3) is 11.1 Å². The van der Waals surface area contributed by atoms with Gasteiger partial charge in [0, 0.05) is 0 Å². The Morgan fingerprint density at radius 2 is 1.67 bits per heavy atom. The molecule has 0 radical (unpaired) electrons. The largest absolute Gasteiger partial charge is 0.497 e. The van der Waals surface area contributed by atoms with Crippen LogP contribution in [0.3, 0.4) is 0 Å². The number of hydrogen-bond acceptors (Lipinski definition) is 2. The number of hydrogen-bond donors (Lipinski definition) is 0. The van der Waals surface area contributed by atoms with Crippen molar-refractivity contribution in [2.45, 2.75) is 12.8 Å². The van der Waals surface area contributed by atoms with Crippen LogP contribution >= 0.6 is 0 Å². The highest BCUT2D eigenvalue weighted by atomic mass is 16.5. The molecule has 0 aliphatic heterocycles. The predicted molar refractivity (Wildman–Crippen MR) is 70.6 cm³/mol. The first-order valence-corrected chi connectivity index (χ1v) is 6.02. The summed E-state index contributed by atoms with van der Waals surface area (Å²) in [7, 11) is 1.69. The second-order valence-corrected chi connectivity index (χ2v) is 4.51. The van der Waals surface area contributed by atoms with Crippen molar-refractivity contribution in [3.8, 4) is 22.9 Å². The highest BCUT2D eigenvalue weighted by Gasteiger charge is 2.16. The maximum absolute atomic E-state index is 8.94. The van der Waals surface area contributed by atoms with Crippen LogP contribution < -0.4 is 4.74 Å². The number of benzene rings is 2. The van der Waals surface area contributed by atoms with Gasteiger partial charge in [-0.3, -0.25) is 0 Å². The molecule has 2 heteroatoms. The zero-order chi connectivity index (χ0) is 12.5. The van der Waals surface area contributed by atoms with Gasteiger partial charge in [-0.15, -0.1) is 0 Å². The molecule has 0 heterocycles. The monoisotopic (exact) mass is 235 g/mol. The lowest BCUT2D eigenvalue weighted by Gasteiger charge is -2.20. The minimum Gasteiger partial charge on any atom is -0.497 e. The molecule has 0 atom stereocenters. The summed E-state index contributed by atoms with van der Waals surface area (Å²) < 4.78 is 5.26. The zero-order valence-electron chi connectivity index (χ0n) is 10.2. The van der Waals surface area contributed by atoms with E-state index in [9.17, 15) is 0 Å². The van der Waals surface area contributed by atoms with Crippen LogP contribution in [0.4, 0.5) is 0 Å². The zero-order valence-corrected chi connectivity index (χ0v) is 10.2. The van der Waals surface area contributed by atoms with Gasteiger partial charge in [-0.2, -0.15) is 5.26 Å². The van der Waals surface area contributed by atoms with Crippen LogP contribution in [-0.2, 0) is 12.8 Å². The van der Waals surface area contributed by atoms with E-state index in [1.165, 1.54) is 22.3 Å². The number of fused-ring (bicyclic) bond motifs is 3. The molecule has 0 saturated carbocycles. The molecule has 0 bridgehead atoms. The van der Waals surface area contributed by atoms with Gasteiger partial charge in [0.2, 0.25) is 0 Å². The standard InChI is InChI=1S/C16H13NO/c1-18-14-5-7-16-13(9-14)4-3-12-8-11(10-17)2-6-15(12)16/h2,5-9H,3-4H2,1H3. The van der Waals surface area contributed by atoms with E-state index in [1.54, 1.807) is 7.11 Å². The Labute approximate surface area is 106 Å². The fourth-order valence-corrected chi connectivity index (χ4v) is 2.57. The molecule has 0 aromatic heterocycles. The molecule has 0 fully saturated rings. The molecule has 88 valence electrons. The topological polar surface area (TPSA) is 33.0 Å². The van der Waals surface area contributed by atoms with Crippen molar-refractivity contribution >= 4 is 0 Å². The fraction of sp³-hybridized carbons (Fsp3) is 0.188. The number of aryl methyl sites for hydroxylation is 2. The first-order valence-electron chi connectivity index (χ1n) is 6.02. The molecule has 3 rings (SSSR count). The first kappa shape index (κ1) is 10.9. The average molecular weight is 235 g/mol. The van der Waals surface area contributed by atoms with Crippen LogP contribution in [-0.4, -0.2) is 7.11 Å². The van der Waals surface area contributed by atoms with E-state index in [4.69, 9.17) is 10.00 Å². The van der Waals surface area contributed by atoms with Gasteiger partial charge in [-0.05, 0) is 59.4 Å². The van der Waals surface area contributed by atoms with Gasteiger partial charge in [0.25, 0.3) is 0 Å². The van der Waals surface area contributed by atoms with Gasteiger partial charge >= 0.3 is 0 Å². The third kappa shape index (κ3) is 1.65. The van der Waals surface area contributed by atoms with Gasteiger partial charge in [-0.1, -0.05) is 12.1 Å². The summed E-state index contributed by atoms with van der Waals surface area (Å²) in [5.74, 6) is 0.908. The molecule has 18 heavy (non-hydrogen) atoms. The van der Waals surface area contributed by atoms with Gasteiger partial charge in [0.15, 0.2) is 0 Å². The molecule has 0 N–H and O–H groups in total. The third-order valence-electron chi connectivity index (χ3n) is 3.50. The van der Waals surface area contributed by atoms with Crippen molar-refractivity contribution < 1.29 is 4.74 Å². The Bertz CT molecular complexity index is 653. The minimum atomic E-state index is 0.741. The summed E-state index contributed by atoms with van der Waals surface area (Å²) in [4.78, 5) is 0. The number of methoxy groups -OCH3 is 1. The highest BCUT2D eigenvalue weighted by Crippen LogP contribution is 2.35. The Hall–Kier alpha value is -2.27. The lowest BCUT2D eigenvalue weighted by Crippen LogP contribution is -2.04. The van der Waals surface area contributed by atoms with E-state index in [1.807, 2.05) is 18.2 Å². The van der Waals surface area contributed by atoms with Crippen LogP contribution in [0.5, 0.6) is 5.75 Å². The molecular formula is C16H13NO. The normalized spacial score (nSPS) is 12.2. The molecule has 2 aromatic carbocycles. The molecule has 0 spiro atoms. The van der Waals surface area contributed by atoms with Crippen molar-refractivity contribution in [3.63, 3.8) is 0 Å². The van der Waals surface area contributed by atoms with Crippen molar-refractivity contribution in [3.05, 3.63) is 53.1 Å². The van der Waals surface area contributed by atoms with E-state index >= 15 is 0 Å². The molecule has 0 unspecified atom stereocenters. The van der Waals surface area contributed by atoms with E-state index in [0.717, 1.165) is 24.2 Å². The van der Waals surface area contributed by atoms with E-state index in [0.29, 0.717) is 0 Å². The number of nitriles is 1. The Morgan fingerprint density at radius 1 is 1.00 bits per heavy atom. The first-order chi connectivity index (χ1) is 8.81. The Morgan fingerprint density at radius 3 is 2.33 bits per heavy atom. The van der Waals surface area contributed by atoms with Gasteiger partial charge in [-0.25, -0.2) is 0 Å². The molecule has 0 amide bonds. The molecule has 1 aliphatic carbocycles. The summed E-state index contributed by atoms with van der Waals surface area (Å²) in [5.41, 5.74) is 5.85. The van der Waals surface area contributed by atoms with Crippen LogP contribution in [0.2, 0.25) is 0 Å². The Balaban J connectivity index is 2.15. The number of rotatable bonds is 1. The SMILES string of the molecule is COc1ccc2c(c1)CCc1cc(C#N)ccc1-2. The molecule has 1 aliphatic rings. The van der Waals surface area contributed by atoms with E-state index in [2.05, 4.69) is 24.3 Å². The smallest absolute Gasteiger partial charge is 0.119 e. The summed E-state index contributed by atoms with van der Waals surface area (Å²) >= 11 is 0. The maximum atomic E-state index is 8.94. The van der Waals surface area contributed by atoms with Gasteiger partial charge in [0.1, 0.15) is 5.75 Å². The second kappa shape index (κ2) is 4.19. The van der Waals surface area contributed by atoms with Crippen LogP contribution in [0, 0.1) is 11.3 Å². The van der Waals surface area contributed by atoms with E-state index < -0.39 is 0 Å². The van der Waals surface area contributed by atoms with Crippen molar-refractivity contribution in [1.82, 2.24) is 0 Å². The predicted octanol–water partition coefficient (Wildman–Crippen LogP) is 3.33. The van der Waals surface area contributed by atoms with Gasteiger partial charge in [0.05, 0.1) is 18.7 Å². The second-order valence-electron chi connectivity index (χ2n) is 4.51.